The fourth-order valence-corrected chi connectivity index (χ4v) is 0.697. The van der Waals surface area contributed by atoms with Crippen molar-refractivity contribution < 1.29 is 19.5 Å². The minimum absolute atomic E-state index is 0.0810. The lowest BCUT2D eigenvalue weighted by atomic mass is 9.96. The molecule has 0 heterocycles. The van der Waals surface area contributed by atoms with Gasteiger partial charge in [-0.25, -0.2) is 0 Å². The van der Waals surface area contributed by atoms with E-state index in [0.717, 1.165) is 0 Å². The Labute approximate surface area is 199 Å². The van der Waals surface area contributed by atoms with Crippen LogP contribution in [0.4, 0.5) is 0 Å². The van der Waals surface area contributed by atoms with E-state index in [1.54, 1.807) is 54.8 Å². The predicted molar refractivity (Wildman–Crippen MR) is 131 cm³/mol. The molecule has 31 heavy (non-hydrogen) atoms. The molecule has 0 aliphatic rings. The number of amides is 2. The second-order valence-corrected chi connectivity index (χ2v) is 8.82. The number of carbonyl (C=O) groups is 3. The number of aliphatic carboxylic acids is 1. The van der Waals surface area contributed by atoms with Gasteiger partial charge in [0.15, 0.2) is 0 Å². The molecule has 0 fully saturated rings. The van der Waals surface area contributed by atoms with Crippen LogP contribution in [0.3, 0.4) is 0 Å². The van der Waals surface area contributed by atoms with Gasteiger partial charge < -0.3 is 27.2 Å². The number of nitriles is 1. The smallest absolute Gasteiger partial charge is 0.308 e. The van der Waals surface area contributed by atoms with E-state index in [0.29, 0.717) is 0 Å². The zero-order chi connectivity index (χ0) is 27.1. The zero-order valence-corrected chi connectivity index (χ0v) is 22.7. The van der Waals surface area contributed by atoms with Crippen LogP contribution in [-0.4, -0.2) is 54.9 Å². The van der Waals surface area contributed by atoms with Crippen LogP contribution in [0, 0.1) is 22.2 Å². The molecular weight excluding hydrogens is 445 g/mol. The van der Waals surface area contributed by atoms with Crippen LogP contribution in [0.2, 0.25) is 0 Å². The van der Waals surface area contributed by atoms with Crippen LogP contribution in [0.15, 0.2) is 0 Å². The fourth-order valence-electron chi connectivity index (χ4n) is 0.697. The Morgan fingerprint density at radius 1 is 0.871 bits per heavy atom. The van der Waals surface area contributed by atoms with E-state index in [4.69, 9.17) is 39.3 Å². The van der Waals surface area contributed by atoms with E-state index in [1.165, 1.54) is 14.0 Å². The molecule has 0 aromatic carbocycles. The molecule has 0 saturated carbocycles. The Morgan fingerprint density at radius 3 is 1.06 bits per heavy atom. The third kappa shape index (κ3) is 47.6. The predicted octanol–water partition coefficient (Wildman–Crippen LogP) is 2.89. The first-order valence-electron chi connectivity index (χ1n) is 9.21. The lowest BCUT2D eigenvalue weighted by Gasteiger charge is -2.14. The number of halogens is 2. The van der Waals surface area contributed by atoms with Gasteiger partial charge in [-0.2, -0.15) is 5.26 Å². The van der Waals surface area contributed by atoms with Crippen molar-refractivity contribution in [2.24, 2.45) is 22.3 Å². The summed E-state index contributed by atoms with van der Waals surface area (Å²) in [5.41, 5.74) is 8.31. The van der Waals surface area contributed by atoms with Crippen LogP contribution < -0.4 is 22.1 Å². The standard InChI is InChI=1S/C6H13NO.C5H12N2O.C5H10O2.C2H3N.CH2Cl2.CH5N/c1-6(2,3)5(8)7-4;1-5(2,6)4(8)7-3;1-5(2,3)4(6)7;1-2-3;2-1-3;1-2/h1-4H3,(H,7,8);6H2,1-3H3,(H,7,8);1-3H3,(H,6,7);1H3;1H2;2H2,1H3. The average molecular weight is 491 g/mol. The molecule has 0 rings (SSSR count). The van der Waals surface area contributed by atoms with Crippen LogP contribution in [0.5, 0.6) is 0 Å². The number of hydrogen-bond acceptors (Lipinski definition) is 6. The van der Waals surface area contributed by atoms with Crippen LogP contribution in [-0.2, 0) is 14.4 Å². The van der Waals surface area contributed by atoms with Crippen molar-refractivity contribution in [2.45, 2.75) is 67.9 Å². The van der Waals surface area contributed by atoms with Gasteiger partial charge in [0.25, 0.3) is 0 Å². The first kappa shape index (κ1) is 43.3. The van der Waals surface area contributed by atoms with Crippen molar-refractivity contribution >= 4 is 41.0 Å². The highest BCUT2D eigenvalue weighted by atomic mass is 35.5. The second-order valence-electron chi connectivity index (χ2n) is 8.01. The fraction of sp³-hybridized carbons (Fsp3) is 0.800. The van der Waals surface area contributed by atoms with E-state index < -0.39 is 16.9 Å². The van der Waals surface area contributed by atoms with Gasteiger partial charge in [0, 0.05) is 26.4 Å². The number of carboxylic acid groups (broad SMARTS) is 1. The molecule has 0 aliphatic carbocycles. The lowest BCUT2D eigenvalue weighted by Crippen LogP contribution is -2.47. The summed E-state index contributed by atoms with van der Waals surface area (Å²) in [6.45, 7) is 15.4. The monoisotopic (exact) mass is 489 g/mol. The summed E-state index contributed by atoms with van der Waals surface area (Å²) in [6, 6.07) is 1.75. The molecule has 0 aromatic rings. The molecule has 0 radical (unpaired) electrons. The summed E-state index contributed by atoms with van der Waals surface area (Å²) < 4.78 is 0. The van der Waals surface area contributed by atoms with Gasteiger partial charge in [0.1, 0.15) is 0 Å². The van der Waals surface area contributed by atoms with Gasteiger partial charge >= 0.3 is 5.97 Å². The highest BCUT2D eigenvalue weighted by molar-refractivity contribution is 6.40. The van der Waals surface area contributed by atoms with E-state index in [1.807, 2.05) is 20.8 Å². The molecule has 11 heteroatoms. The Morgan fingerprint density at radius 2 is 1.06 bits per heavy atom. The Kier molecular flexibility index (Phi) is 34.5. The summed E-state index contributed by atoms with van der Waals surface area (Å²) in [5.74, 6) is -0.817. The van der Waals surface area contributed by atoms with Gasteiger partial charge in [0.2, 0.25) is 11.8 Å². The van der Waals surface area contributed by atoms with Gasteiger partial charge in [-0.1, -0.05) is 20.8 Å². The normalized spacial score (nSPS) is 9.26. The second kappa shape index (κ2) is 24.7. The molecule has 2 amide bonds. The zero-order valence-electron chi connectivity index (χ0n) is 21.2. The topological polar surface area (TPSA) is 171 Å². The molecule has 7 N–H and O–H groups in total. The molecule has 0 saturated heterocycles. The largest absolute Gasteiger partial charge is 0.481 e. The number of carbonyl (C=O) groups excluding carboxylic acids is 2. The van der Waals surface area contributed by atoms with Crippen LogP contribution >= 0.6 is 23.2 Å². The van der Waals surface area contributed by atoms with E-state index in [9.17, 15) is 14.4 Å². The summed E-state index contributed by atoms with van der Waals surface area (Å²) in [4.78, 5) is 31.3. The van der Waals surface area contributed by atoms with Gasteiger partial charge in [-0.05, 0) is 41.7 Å². The molecule has 0 unspecified atom stereocenters. The number of hydrogen-bond donors (Lipinski definition) is 5. The molecule has 0 bridgehead atoms. The number of carboxylic acids is 1. The highest BCUT2D eigenvalue weighted by Gasteiger charge is 2.20. The van der Waals surface area contributed by atoms with Crippen molar-refractivity contribution in [1.82, 2.24) is 10.6 Å². The third-order valence-electron chi connectivity index (χ3n) is 2.36. The third-order valence-corrected chi connectivity index (χ3v) is 2.36. The summed E-state index contributed by atoms with van der Waals surface area (Å²) in [6.07, 6.45) is 0. The van der Waals surface area contributed by atoms with Crippen molar-refractivity contribution in [3.8, 4) is 6.07 Å². The van der Waals surface area contributed by atoms with E-state index >= 15 is 0 Å². The van der Waals surface area contributed by atoms with Gasteiger partial charge in [0.05, 0.1) is 22.4 Å². The first-order chi connectivity index (χ1) is 13.7. The molecule has 9 nitrogen and oxygen atoms in total. The molecular formula is C20H45Cl2N5O4. The minimum atomic E-state index is -0.757. The quantitative estimate of drug-likeness (QED) is 0.352. The molecule has 0 aliphatic heterocycles. The van der Waals surface area contributed by atoms with Crippen LogP contribution in [0.1, 0.15) is 62.3 Å². The SMILES string of the molecule is CC#N.CC(C)(C)C(=O)O.CN.CNC(=O)C(C)(C)C.CNC(=O)C(C)(C)N.ClCCl. The molecule has 0 spiro atoms. The van der Waals surface area contributed by atoms with Crippen molar-refractivity contribution in [1.29, 1.82) is 5.26 Å². The molecule has 188 valence electrons. The van der Waals surface area contributed by atoms with Crippen molar-refractivity contribution in [3.05, 3.63) is 0 Å². The summed E-state index contributed by atoms with van der Waals surface area (Å²) >= 11 is 9.53. The van der Waals surface area contributed by atoms with Crippen LogP contribution in [0.25, 0.3) is 0 Å². The highest BCUT2D eigenvalue weighted by Crippen LogP contribution is 2.11. The number of nitrogens with one attached hydrogen (secondary N) is 2. The van der Waals surface area contributed by atoms with Gasteiger partial charge in [-0.15, -0.1) is 23.2 Å². The molecule has 0 aromatic heterocycles. The number of rotatable bonds is 1. The first-order valence-corrected chi connectivity index (χ1v) is 10.3. The Balaban J connectivity index is -0.0000000648. The number of nitrogens with zero attached hydrogens (tertiary/aromatic N) is 1. The van der Waals surface area contributed by atoms with Crippen molar-refractivity contribution in [3.63, 3.8) is 0 Å². The Hall–Kier alpha value is -1.60. The van der Waals surface area contributed by atoms with Gasteiger partial charge in [-0.3, -0.25) is 14.4 Å². The average Bonchev–Trinajstić information content (AvgIpc) is 2.62. The number of likely N-dealkylation sites (N-methyl/N-ethyl adjacent to an activating group) is 1. The lowest BCUT2D eigenvalue weighted by molar-refractivity contribution is -0.145. The maximum absolute atomic E-state index is 10.7. The summed E-state index contributed by atoms with van der Waals surface area (Å²) in [7, 11) is 4.71. The minimum Gasteiger partial charge on any atom is -0.481 e. The van der Waals surface area contributed by atoms with E-state index in [-0.39, 0.29) is 22.6 Å². The number of alkyl halides is 2. The van der Waals surface area contributed by atoms with E-state index in [2.05, 4.69) is 16.4 Å². The van der Waals surface area contributed by atoms with Crippen molar-refractivity contribution in [2.75, 3.05) is 26.5 Å². The number of nitrogens with two attached hydrogens (primary N) is 2. The molecule has 0 atom stereocenters. The maximum atomic E-state index is 10.7. The summed E-state index contributed by atoms with van der Waals surface area (Å²) in [5, 5.41) is 20.8. The maximum Gasteiger partial charge on any atom is 0.308 e. The Bertz CT molecular complexity index is 464.